The molecule has 2 aromatic carbocycles. The number of phenols is 1. The molecular weight excluding hydrogens is 500 g/mol. The SMILES string of the molecule is C=C1/C(C(C)(C)C)=C\C(C)(C)/C(=C\C(=C/CC)C(C)(C)C)C(C)(C)c2cc(O)cc3c2C1c1cccc2ncn-3c12. The quantitative estimate of drug-likeness (QED) is 0.346. The van der Waals surface area contributed by atoms with Gasteiger partial charge >= 0.3 is 0 Å². The van der Waals surface area contributed by atoms with Crippen molar-refractivity contribution in [2.45, 2.75) is 93.9 Å². The van der Waals surface area contributed by atoms with Gasteiger partial charge in [-0.15, -0.1) is 0 Å². The van der Waals surface area contributed by atoms with E-state index >= 15 is 0 Å². The minimum Gasteiger partial charge on any atom is -0.508 e. The topological polar surface area (TPSA) is 38.1 Å². The van der Waals surface area contributed by atoms with Crippen molar-refractivity contribution in [3.63, 3.8) is 0 Å². The molecule has 0 spiro atoms. The first-order valence-corrected chi connectivity index (χ1v) is 15.1. The van der Waals surface area contributed by atoms with E-state index in [1.807, 2.05) is 18.5 Å². The molecule has 5 rings (SSSR count). The summed E-state index contributed by atoms with van der Waals surface area (Å²) in [5, 5.41) is 11.3. The van der Waals surface area contributed by atoms with E-state index in [0.717, 1.165) is 34.3 Å². The van der Waals surface area contributed by atoms with Crippen molar-refractivity contribution < 1.29 is 5.11 Å². The molecule has 41 heavy (non-hydrogen) atoms. The molecule has 0 bridgehead atoms. The number of rotatable bonds is 2. The van der Waals surface area contributed by atoms with E-state index in [9.17, 15) is 5.11 Å². The summed E-state index contributed by atoms with van der Waals surface area (Å²) >= 11 is 0. The number of aromatic nitrogens is 2. The molecule has 1 aromatic heterocycles. The number of nitrogens with zero attached hydrogens (tertiary/aromatic N) is 2. The van der Waals surface area contributed by atoms with Crippen LogP contribution >= 0.6 is 0 Å². The van der Waals surface area contributed by atoms with Crippen molar-refractivity contribution in [1.29, 1.82) is 0 Å². The Morgan fingerprint density at radius 3 is 2.37 bits per heavy atom. The first-order chi connectivity index (χ1) is 18.9. The maximum absolute atomic E-state index is 11.3. The van der Waals surface area contributed by atoms with Crippen molar-refractivity contribution in [2.75, 3.05) is 0 Å². The van der Waals surface area contributed by atoms with E-state index in [0.29, 0.717) is 0 Å². The van der Waals surface area contributed by atoms with Crippen LogP contribution < -0.4 is 0 Å². The van der Waals surface area contributed by atoms with Crippen LogP contribution in [-0.2, 0) is 5.41 Å². The molecule has 1 unspecified atom stereocenters. The number of imidazole rings is 1. The number of aromatic hydroxyl groups is 1. The first-order valence-electron chi connectivity index (χ1n) is 15.1. The minimum atomic E-state index is -0.404. The zero-order chi connectivity index (χ0) is 30.3. The van der Waals surface area contributed by atoms with Crippen molar-refractivity contribution in [3.05, 3.63) is 100 Å². The van der Waals surface area contributed by atoms with Gasteiger partial charge in [-0.1, -0.05) is 119 Å². The Balaban J connectivity index is 1.99. The van der Waals surface area contributed by atoms with Crippen LogP contribution in [0.25, 0.3) is 16.7 Å². The van der Waals surface area contributed by atoms with Gasteiger partial charge in [0.05, 0.1) is 16.7 Å². The minimum absolute atomic E-state index is 0.00405. The van der Waals surface area contributed by atoms with Crippen molar-refractivity contribution >= 4 is 11.0 Å². The summed E-state index contributed by atoms with van der Waals surface area (Å²) < 4.78 is 2.17. The van der Waals surface area contributed by atoms with Gasteiger partial charge in [-0.3, -0.25) is 4.57 Å². The third-order valence-corrected chi connectivity index (χ3v) is 9.24. The molecule has 2 aliphatic rings. The summed E-state index contributed by atoms with van der Waals surface area (Å²) in [5.41, 5.74) is 10.9. The molecule has 1 atom stereocenters. The van der Waals surface area contributed by atoms with Gasteiger partial charge in [-0.25, -0.2) is 4.98 Å². The summed E-state index contributed by atoms with van der Waals surface area (Å²) in [5.74, 6) is 0.222. The molecule has 2 heterocycles. The standard InChI is InChI=1S/C38H48N2O/c1-13-15-24(35(3,4)5)18-31-37(9,10)21-28(36(6,7)8)23(2)32-26-16-14-17-29-34(26)40(22-39-29)30-20-25(41)19-27(33(30)32)38(31,11)12/h14-22,32,41H,2,13H2,1,3-12H3/b24-15+,28-21+,31-18+. The monoisotopic (exact) mass is 548 g/mol. The average molecular weight is 549 g/mol. The highest BCUT2D eigenvalue weighted by molar-refractivity contribution is 5.87. The summed E-state index contributed by atoms with van der Waals surface area (Å²) in [4.78, 5) is 4.78. The second kappa shape index (κ2) is 9.34. The number of fused-ring (bicyclic) bond motifs is 2. The Morgan fingerprint density at radius 2 is 1.76 bits per heavy atom. The maximum atomic E-state index is 11.3. The zero-order valence-electron chi connectivity index (χ0n) is 27.0. The fourth-order valence-electron chi connectivity index (χ4n) is 7.33. The van der Waals surface area contributed by atoms with Gasteiger partial charge in [0.2, 0.25) is 0 Å². The number of hydrogen-bond acceptors (Lipinski definition) is 2. The van der Waals surface area contributed by atoms with Crippen molar-refractivity contribution in [1.82, 2.24) is 9.55 Å². The van der Waals surface area contributed by atoms with Gasteiger partial charge in [0, 0.05) is 22.8 Å². The van der Waals surface area contributed by atoms with Gasteiger partial charge in [-0.05, 0) is 62.8 Å². The van der Waals surface area contributed by atoms with Crippen LogP contribution in [-0.4, -0.2) is 14.7 Å². The second-order valence-corrected chi connectivity index (χ2v) is 15.2. The summed E-state index contributed by atoms with van der Waals surface area (Å²) in [6.45, 7) is 30.3. The molecular formula is C38H48N2O. The van der Waals surface area contributed by atoms with Gasteiger partial charge in [0.25, 0.3) is 0 Å². The molecule has 3 aromatic rings. The molecule has 0 saturated heterocycles. The van der Waals surface area contributed by atoms with Crippen molar-refractivity contribution in [3.8, 4) is 11.4 Å². The molecule has 0 radical (unpaired) electrons. The van der Waals surface area contributed by atoms with E-state index in [1.165, 1.54) is 27.8 Å². The Morgan fingerprint density at radius 1 is 1.07 bits per heavy atom. The van der Waals surface area contributed by atoms with E-state index in [2.05, 4.69) is 117 Å². The maximum Gasteiger partial charge on any atom is 0.117 e. The fraction of sp³-hybridized carbons (Fsp3) is 0.447. The van der Waals surface area contributed by atoms with Crippen LogP contribution in [0.1, 0.15) is 105 Å². The van der Waals surface area contributed by atoms with Gasteiger partial charge in [0.15, 0.2) is 0 Å². The van der Waals surface area contributed by atoms with Gasteiger partial charge in [0.1, 0.15) is 12.1 Å². The lowest BCUT2D eigenvalue weighted by atomic mass is 9.63. The smallest absolute Gasteiger partial charge is 0.117 e. The lowest BCUT2D eigenvalue weighted by Gasteiger charge is -2.41. The van der Waals surface area contributed by atoms with Crippen LogP contribution in [0.5, 0.6) is 5.75 Å². The predicted molar refractivity (Wildman–Crippen MR) is 174 cm³/mol. The molecule has 1 aliphatic heterocycles. The van der Waals surface area contributed by atoms with Gasteiger partial charge in [-0.2, -0.15) is 0 Å². The van der Waals surface area contributed by atoms with Crippen LogP contribution in [0.2, 0.25) is 0 Å². The summed E-state index contributed by atoms with van der Waals surface area (Å²) in [6.07, 6.45) is 10.2. The lowest BCUT2D eigenvalue weighted by molar-refractivity contribution is 0.432. The molecule has 216 valence electrons. The van der Waals surface area contributed by atoms with E-state index in [4.69, 9.17) is 11.6 Å². The Hall–Kier alpha value is -3.33. The van der Waals surface area contributed by atoms with E-state index in [-0.39, 0.29) is 27.9 Å². The Kier molecular flexibility index (Phi) is 6.65. The third kappa shape index (κ3) is 4.62. The summed E-state index contributed by atoms with van der Waals surface area (Å²) in [6, 6.07) is 10.4. The Labute approximate surface area is 247 Å². The highest BCUT2D eigenvalue weighted by Gasteiger charge is 2.44. The van der Waals surface area contributed by atoms with E-state index < -0.39 is 5.41 Å². The lowest BCUT2D eigenvalue weighted by Crippen LogP contribution is -2.32. The van der Waals surface area contributed by atoms with Crippen LogP contribution in [0.3, 0.4) is 0 Å². The first kappa shape index (κ1) is 29.2. The number of allylic oxidation sites excluding steroid dienone is 7. The molecule has 3 nitrogen and oxygen atoms in total. The number of hydrogen-bond donors (Lipinski definition) is 1. The predicted octanol–water partition coefficient (Wildman–Crippen LogP) is 10.3. The average Bonchev–Trinajstić information content (AvgIpc) is 3.29. The van der Waals surface area contributed by atoms with E-state index in [1.54, 1.807) is 0 Å². The Bertz CT molecular complexity index is 1650. The number of phenolic OH excluding ortho intramolecular Hbond substituents is 1. The molecule has 1 N–H and O–H groups in total. The largest absolute Gasteiger partial charge is 0.508 e. The molecule has 0 saturated carbocycles. The van der Waals surface area contributed by atoms with Crippen molar-refractivity contribution in [2.24, 2.45) is 16.2 Å². The van der Waals surface area contributed by atoms with Crippen LogP contribution in [0.4, 0.5) is 0 Å². The van der Waals surface area contributed by atoms with Crippen LogP contribution in [0.15, 0.2) is 83.8 Å². The molecule has 1 aliphatic carbocycles. The zero-order valence-corrected chi connectivity index (χ0v) is 27.0. The third-order valence-electron chi connectivity index (χ3n) is 9.24. The fourth-order valence-corrected chi connectivity index (χ4v) is 7.33. The molecule has 3 heteroatoms. The van der Waals surface area contributed by atoms with Gasteiger partial charge < -0.3 is 5.11 Å². The molecule has 0 fully saturated rings. The number of para-hydroxylation sites is 1. The summed E-state index contributed by atoms with van der Waals surface area (Å²) in [7, 11) is 0. The highest BCUT2D eigenvalue weighted by atomic mass is 16.3. The molecule has 0 amide bonds. The normalized spacial score (nSPS) is 22.6. The second-order valence-electron chi connectivity index (χ2n) is 15.2. The number of benzene rings is 2. The van der Waals surface area contributed by atoms with Crippen LogP contribution in [0, 0.1) is 16.2 Å². The highest BCUT2D eigenvalue weighted by Crippen LogP contribution is 2.57.